The van der Waals surface area contributed by atoms with Gasteiger partial charge in [0.05, 0.1) is 0 Å². The maximum Gasteiger partial charge on any atom is 0.220 e. The van der Waals surface area contributed by atoms with Crippen LogP contribution >= 0.6 is 12.4 Å². The number of halogens is 1. The van der Waals surface area contributed by atoms with Crippen LogP contribution in [-0.2, 0) is 4.79 Å². The molecule has 2 N–H and O–H groups in total. The van der Waals surface area contributed by atoms with Gasteiger partial charge in [0.25, 0.3) is 0 Å². The number of hydrogen-bond donors (Lipinski definition) is 2. The molecule has 3 nitrogen and oxygen atoms in total. The Hall–Kier alpha value is -0.280. The summed E-state index contributed by atoms with van der Waals surface area (Å²) in [6.07, 6.45) is 10.9. The summed E-state index contributed by atoms with van der Waals surface area (Å²) in [6, 6.07) is 0.459. The number of nitrogens with one attached hydrogen (secondary N) is 2. The second kappa shape index (κ2) is 10.5. The zero-order valence-electron chi connectivity index (χ0n) is 14.4. The fourth-order valence-corrected chi connectivity index (χ4v) is 4.13. The van der Waals surface area contributed by atoms with Crippen LogP contribution in [-0.4, -0.2) is 25.0 Å². The number of amides is 1. The van der Waals surface area contributed by atoms with Gasteiger partial charge in [-0.25, -0.2) is 0 Å². The molecule has 1 amide bonds. The molecule has 0 radical (unpaired) electrons. The topological polar surface area (TPSA) is 41.1 Å². The Balaban J connectivity index is 0.00000242. The van der Waals surface area contributed by atoms with E-state index in [1.807, 2.05) is 0 Å². The van der Waals surface area contributed by atoms with E-state index >= 15 is 0 Å². The van der Waals surface area contributed by atoms with Crippen LogP contribution in [0.4, 0.5) is 0 Å². The average Bonchev–Trinajstić information content (AvgIpc) is 2.93. The lowest BCUT2D eigenvalue weighted by molar-refractivity contribution is -0.123. The summed E-state index contributed by atoms with van der Waals surface area (Å²) >= 11 is 0. The Kier molecular flexibility index (Phi) is 9.42. The lowest BCUT2D eigenvalue weighted by atomic mass is 9.85. The number of carbonyl (C=O) groups excluding carboxylic acids is 1. The molecule has 1 saturated heterocycles. The predicted molar refractivity (Wildman–Crippen MR) is 95.4 cm³/mol. The van der Waals surface area contributed by atoms with Gasteiger partial charge in [-0.1, -0.05) is 33.1 Å². The van der Waals surface area contributed by atoms with Gasteiger partial charge in [0.15, 0.2) is 0 Å². The minimum atomic E-state index is 0. The van der Waals surface area contributed by atoms with Crippen LogP contribution < -0.4 is 10.6 Å². The van der Waals surface area contributed by atoms with E-state index in [1.54, 1.807) is 0 Å². The van der Waals surface area contributed by atoms with Crippen molar-refractivity contribution < 1.29 is 4.79 Å². The van der Waals surface area contributed by atoms with Crippen LogP contribution in [0.2, 0.25) is 0 Å². The maximum atomic E-state index is 12.3. The van der Waals surface area contributed by atoms with Gasteiger partial charge in [-0.3, -0.25) is 4.79 Å². The van der Waals surface area contributed by atoms with E-state index in [4.69, 9.17) is 0 Å². The van der Waals surface area contributed by atoms with E-state index in [-0.39, 0.29) is 12.4 Å². The zero-order valence-corrected chi connectivity index (χ0v) is 15.2. The molecule has 2 fully saturated rings. The number of hydrogen-bond acceptors (Lipinski definition) is 2. The Morgan fingerprint density at radius 2 is 2.09 bits per heavy atom. The van der Waals surface area contributed by atoms with E-state index in [0.717, 1.165) is 19.0 Å². The third kappa shape index (κ3) is 6.08. The van der Waals surface area contributed by atoms with Crippen molar-refractivity contribution in [1.82, 2.24) is 10.6 Å². The summed E-state index contributed by atoms with van der Waals surface area (Å²) in [6.45, 7) is 6.75. The number of unbranched alkanes of at least 4 members (excludes halogenated alkanes) is 1. The molecule has 1 aliphatic carbocycles. The predicted octanol–water partition coefficient (Wildman–Crippen LogP) is 3.91. The number of carbonyl (C=O) groups is 1. The maximum absolute atomic E-state index is 12.3. The first-order chi connectivity index (χ1) is 10.2. The average molecular weight is 331 g/mol. The highest BCUT2D eigenvalue weighted by Crippen LogP contribution is 2.30. The zero-order chi connectivity index (χ0) is 15.1. The van der Waals surface area contributed by atoms with Gasteiger partial charge in [-0.05, 0) is 62.9 Å². The summed E-state index contributed by atoms with van der Waals surface area (Å²) in [4.78, 5) is 12.3. The van der Waals surface area contributed by atoms with Gasteiger partial charge in [0.2, 0.25) is 5.91 Å². The summed E-state index contributed by atoms with van der Waals surface area (Å²) in [5.41, 5.74) is 0. The summed E-state index contributed by atoms with van der Waals surface area (Å²) in [5, 5.41) is 6.81. The van der Waals surface area contributed by atoms with Crippen molar-refractivity contribution in [1.29, 1.82) is 0 Å². The first kappa shape index (κ1) is 19.8. The highest BCUT2D eigenvalue weighted by atomic mass is 35.5. The summed E-state index contributed by atoms with van der Waals surface area (Å²) in [7, 11) is 0. The van der Waals surface area contributed by atoms with Crippen molar-refractivity contribution in [3.05, 3.63) is 0 Å². The van der Waals surface area contributed by atoms with Crippen molar-refractivity contribution in [2.75, 3.05) is 13.1 Å². The van der Waals surface area contributed by atoms with Crippen LogP contribution in [0.3, 0.4) is 0 Å². The van der Waals surface area contributed by atoms with Crippen molar-refractivity contribution in [2.45, 2.75) is 77.7 Å². The van der Waals surface area contributed by atoms with Crippen LogP contribution in [0.5, 0.6) is 0 Å². The Bertz CT molecular complexity index is 318. The van der Waals surface area contributed by atoms with Crippen LogP contribution in [0.25, 0.3) is 0 Å². The molecule has 1 heterocycles. The third-order valence-corrected chi connectivity index (χ3v) is 5.58. The van der Waals surface area contributed by atoms with Gasteiger partial charge in [0.1, 0.15) is 0 Å². The molecule has 22 heavy (non-hydrogen) atoms. The fraction of sp³-hybridized carbons (Fsp3) is 0.944. The SMILES string of the molecule is CCCCC1CCCC1NC(=O)CC(C)C1CCCNC1.Cl. The molecular weight excluding hydrogens is 296 g/mol. The van der Waals surface area contributed by atoms with E-state index in [1.165, 1.54) is 51.4 Å². The van der Waals surface area contributed by atoms with Gasteiger partial charge < -0.3 is 10.6 Å². The molecular formula is C18H35ClN2O. The number of piperidine rings is 1. The third-order valence-electron chi connectivity index (χ3n) is 5.58. The van der Waals surface area contributed by atoms with Crippen LogP contribution in [0, 0.1) is 17.8 Å². The van der Waals surface area contributed by atoms with E-state index in [2.05, 4.69) is 24.5 Å². The molecule has 0 aromatic rings. The lowest BCUT2D eigenvalue weighted by Gasteiger charge is -2.29. The van der Waals surface area contributed by atoms with Crippen LogP contribution in [0.1, 0.15) is 71.6 Å². The normalized spacial score (nSPS) is 29.6. The molecule has 2 rings (SSSR count). The molecule has 4 atom stereocenters. The van der Waals surface area contributed by atoms with Crippen LogP contribution in [0.15, 0.2) is 0 Å². The van der Waals surface area contributed by atoms with E-state index < -0.39 is 0 Å². The number of rotatable bonds is 7. The molecule has 130 valence electrons. The molecule has 4 heteroatoms. The largest absolute Gasteiger partial charge is 0.353 e. The second-order valence-electron chi connectivity index (χ2n) is 7.30. The second-order valence-corrected chi connectivity index (χ2v) is 7.30. The first-order valence-electron chi connectivity index (χ1n) is 9.20. The highest BCUT2D eigenvalue weighted by Gasteiger charge is 2.29. The van der Waals surface area contributed by atoms with Gasteiger partial charge in [0, 0.05) is 12.5 Å². The minimum Gasteiger partial charge on any atom is -0.353 e. The van der Waals surface area contributed by atoms with Crippen molar-refractivity contribution >= 4 is 18.3 Å². The van der Waals surface area contributed by atoms with Gasteiger partial charge in [-0.15, -0.1) is 12.4 Å². The molecule has 0 bridgehead atoms. The Morgan fingerprint density at radius 1 is 1.27 bits per heavy atom. The molecule has 0 aromatic heterocycles. The first-order valence-corrected chi connectivity index (χ1v) is 9.20. The molecule has 1 aliphatic heterocycles. The van der Waals surface area contributed by atoms with Gasteiger partial charge >= 0.3 is 0 Å². The monoisotopic (exact) mass is 330 g/mol. The lowest BCUT2D eigenvalue weighted by Crippen LogP contribution is -2.40. The minimum absolute atomic E-state index is 0. The van der Waals surface area contributed by atoms with E-state index in [9.17, 15) is 4.79 Å². The Morgan fingerprint density at radius 3 is 2.77 bits per heavy atom. The fourth-order valence-electron chi connectivity index (χ4n) is 4.13. The smallest absolute Gasteiger partial charge is 0.220 e. The standard InChI is InChI=1S/C18H34N2O.ClH/c1-3-4-7-15-8-5-10-17(15)20-18(21)12-14(2)16-9-6-11-19-13-16;/h14-17,19H,3-13H2,1-2H3,(H,20,21);1H. The van der Waals surface area contributed by atoms with Crippen molar-refractivity contribution in [3.63, 3.8) is 0 Å². The summed E-state index contributed by atoms with van der Waals surface area (Å²) in [5.74, 6) is 2.22. The van der Waals surface area contributed by atoms with Crippen molar-refractivity contribution in [2.24, 2.45) is 17.8 Å². The summed E-state index contributed by atoms with van der Waals surface area (Å²) < 4.78 is 0. The molecule has 4 unspecified atom stereocenters. The quantitative estimate of drug-likeness (QED) is 0.743. The highest BCUT2D eigenvalue weighted by molar-refractivity contribution is 5.85. The van der Waals surface area contributed by atoms with Gasteiger partial charge in [-0.2, -0.15) is 0 Å². The molecule has 1 saturated carbocycles. The van der Waals surface area contributed by atoms with E-state index in [0.29, 0.717) is 30.2 Å². The molecule has 0 spiro atoms. The van der Waals surface area contributed by atoms with Crippen molar-refractivity contribution in [3.8, 4) is 0 Å². The Labute approximate surface area is 142 Å². The molecule has 0 aromatic carbocycles. The molecule has 2 aliphatic rings.